The highest BCUT2D eigenvalue weighted by Crippen LogP contribution is 2.26. The van der Waals surface area contributed by atoms with Crippen molar-refractivity contribution in [3.8, 4) is 0 Å². The molecule has 7 heteroatoms. The Balaban J connectivity index is 2.77. The minimum Gasteiger partial charge on any atom is -0.481 e. The van der Waals surface area contributed by atoms with Crippen molar-refractivity contribution in [3.05, 3.63) is 29.8 Å². The molecule has 0 aromatic heterocycles. The summed E-state index contributed by atoms with van der Waals surface area (Å²) in [5.74, 6) is -1.67. The second-order valence-corrected chi connectivity index (χ2v) is 5.69. The fraction of sp³-hybridized carbons (Fsp3) is 0.467. The molecule has 0 bridgehead atoms. The molecule has 1 aromatic carbocycles. The van der Waals surface area contributed by atoms with Gasteiger partial charge in [-0.05, 0) is 31.9 Å². The molecule has 0 aliphatic heterocycles. The average molecular weight is 317 g/mol. The van der Waals surface area contributed by atoms with Crippen molar-refractivity contribution in [2.24, 2.45) is 5.41 Å². The lowest BCUT2D eigenvalue weighted by molar-refractivity contribution is -0.149. The molecule has 0 unspecified atom stereocenters. The zero-order valence-corrected chi connectivity index (χ0v) is 12.3. The SMILES string of the molecule is CC(C)(CC(=O)Nc1ccccc1CCC(F)(F)F)C(=O)O. The molecule has 4 nitrogen and oxygen atoms in total. The molecular formula is C15H18F3NO3. The number of carbonyl (C=O) groups is 2. The zero-order chi connectivity index (χ0) is 17.0. The Morgan fingerprint density at radius 1 is 1.18 bits per heavy atom. The predicted molar refractivity (Wildman–Crippen MR) is 75.5 cm³/mol. The van der Waals surface area contributed by atoms with Crippen molar-refractivity contribution < 1.29 is 27.9 Å². The van der Waals surface area contributed by atoms with Gasteiger partial charge in [0.1, 0.15) is 0 Å². The molecule has 0 radical (unpaired) electrons. The molecule has 0 atom stereocenters. The third-order valence-electron chi connectivity index (χ3n) is 3.15. The number of carboxylic acids is 1. The number of rotatable bonds is 6. The number of hydrogen-bond donors (Lipinski definition) is 2. The van der Waals surface area contributed by atoms with E-state index in [1.807, 2.05) is 0 Å². The Hall–Kier alpha value is -2.05. The van der Waals surface area contributed by atoms with Gasteiger partial charge in [-0.15, -0.1) is 0 Å². The van der Waals surface area contributed by atoms with Gasteiger partial charge < -0.3 is 10.4 Å². The Kier molecular flexibility index (Phi) is 5.57. The number of alkyl halides is 3. The normalized spacial score (nSPS) is 12.0. The van der Waals surface area contributed by atoms with E-state index in [9.17, 15) is 22.8 Å². The maximum atomic E-state index is 12.3. The predicted octanol–water partition coefficient (Wildman–Crippen LogP) is 3.62. The maximum Gasteiger partial charge on any atom is 0.389 e. The van der Waals surface area contributed by atoms with Crippen molar-refractivity contribution in [2.45, 2.75) is 39.3 Å². The Morgan fingerprint density at radius 2 is 1.77 bits per heavy atom. The van der Waals surface area contributed by atoms with Crippen LogP contribution in [0.25, 0.3) is 0 Å². The number of halogens is 3. The lowest BCUT2D eigenvalue weighted by atomic mass is 9.89. The van der Waals surface area contributed by atoms with Gasteiger partial charge in [-0.2, -0.15) is 13.2 Å². The Labute approximate surface area is 126 Å². The van der Waals surface area contributed by atoms with Crippen LogP contribution in [0.1, 0.15) is 32.3 Å². The highest BCUT2D eigenvalue weighted by molar-refractivity contribution is 5.94. The third kappa shape index (κ3) is 5.75. The van der Waals surface area contributed by atoms with E-state index in [1.54, 1.807) is 12.1 Å². The summed E-state index contributed by atoms with van der Waals surface area (Å²) in [7, 11) is 0. The molecule has 0 saturated carbocycles. The number of carboxylic acid groups (broad SMARTS) is 1. The maximum absolute atomic E-state index is 12.3. The molecule has 22 heavy (non-hydrogen) atoms. The van der Waals surface area contributed by atoms with Gasteiger partial charge >= 0.3 is 12.1 Å². The summed E-state index contributed by atoms with van der Waals surface area (Å²) in [5.41, 5.74) is -0.607. The van der Waals surface area contributed by atoms with Crippen LogP contribution in [0.4, 0.5) is 18.9 Å². The van der Waals surface area contributed by atoms with Gasteiger partial charge in [-0.25, -0.2) is 0 Å². The van der Waals surface area contributed by atoms with Gasteiger partial charge in [0.2, 0.25) is 5.91 Å². The first-order valence-electron chi connectivity index (χ1n) is 6.69. The smallest absolute Gasteiger partial charge is 0.389 e. The number of benzene rings is 1. The number of para-hydroxylation sites is 1. The summed E-state index contributed by atoms with van der Waals surface area (Å²) in [6.07, 6.45) is -5.78. The molecule has 0 aliphatic rings. The fourth-order valence-electron chi connectivity index (χ4n) is 1.81. The summed E-state index contributed by atoms with van der Waals surface area (Å²) >= 11 is 0. The zero-order valence-electron chi connectivity index (χ0n) is 12.3. The molecule has 1 rings (SSSR count). The summed E-state index contributed by atoms with van der Waals surface area (Å²) in [6.45, 7) is 2.81. The van der Waals surface area contributed by atoms with Gasteiger partial charge in [0.05, 0.1) is 5.41 Å². The number of hydrogen-bond acceptors (Lipinski definition) is 2. The topological polar surface area (TPSA) is 66.4 Å². The second-order valence-electron chi connectivity index (χ2n) is 5.69. The summed E-state index contributed by atoms with van der Waals surface area (Å²) < 4.78 is 36.9. The number of anilines is 1. The molecule has 122 valence electrons. The molecule has 0 fully saturated rings. The molecule has 1 amide bonds. The van der Waals surface area contributed by atoms with E-state index in [0.29, 0.717) is 5.56 Å². The van der Waals surface area contributed by atoms with E-state index in [0.717, 1.165) is 0 Å². The quantitative estimate of drug-likeness (QED) is 0.842. The highest BCUT2D eigenvalue weighted by atomic mass is 19.4. The number of carbonyl (C=O) groups excluding carboxylic acids is 1. The molecule has 0 spiro atoms. The summed E-state index contributed by atoms with van der Waals surface area (Å²) in [6, 6.07) is 6.18. The molecule has 0 aliphatic carbocycles. The number of amides is 1. The molecule has 0 heterocycles. The number of nitrogens with one attached hydrogen (secondary N) is 1. The van der Waals surface area contributed by atoms with Crippen LogP contribution in [-0.2, 0) is 16.0 Å². The minimum absolute atomic E-state index is 0.248. The highest BCUT2D eigenvalue weighted by Gasteiger charge is 2.30. The van der Waals surface area contributed by atoms with Gasteiger partial charge in [0.25, 0.3) is 0 Å². The van der Waals surface area contributed by atoms with Crippen LogP contribution in [0.2, 0.25) is 0 Å². The van der Waals surface area contributed by atoms with E-state index < -0.39 is 29.9 Å². The minimum atomic E-state index is -4.28. The van der Waals surface area contributed by atoms with Gasteiger partial charge in [0.15, 0.2) is 0 Å². The van der Waals surface area contributed by atoms with E-state index in [4.69, 9.17) is 5.11 Å². The van der Waals surface area contributed by atoms with E-state index in [2.05, 4.69) is 5.32 Å². The van der Waals surface area contributed by atoms with Crippen LogP contribution in [0.3, 0.4) is 0 Å². The van der Waals surface area contributed by atoms with Crippen LogP contribution >= 0.6 is 0 Å². The van der Waals surface area contributed by atoms with Gasteiger partial charge in [-0.1, -0.05) is 18.2 Å². The van der Waals surface area contributed by atoms with Crippen molar-refractivity contribution in [3.63, 3.8) is 0 Å². The largest absolute Gasteiger partial charge is 0.481 e. The lowest BCUT2D eigenvalue weighted by Gasteiger charge is -2.19. The third-order valence-corrected chi connectivity index (χ3v) is 3.15. The van der Waals surface area contributed by atoms with Crippen molar-refractivity contribution >= 4 is 17.6 Å². The second kappa shape index (κ2) is 6.81. The Morgan fingerprint density at radius 3 is 2.32 bits per heavy atom. The summed E-state index contributed by atoms with van der Waals surface area (Å²) in [4.78, 5) is 22.9. The van der Waals surface area contributed by atoms with Crippen molar-refractivity contribution in [2.75, 3.05) is 5.32 Å². The Bertz CT molecular complexity index is 553. The summed E-state index contributed by atoms with van der Waals surface area (Å²) in [5, 5.41) is 11.5. The number of aliphatic carboxylic acids is 1. The van der Waals surface area contributed by atoms with Crippen LogP contribution in [0.5, 0.6) is 0 Å². The van der Waals surface area contributed by atoms with Crippen LogP contribution in [0.15, 0.2) is 24.3 Å². The monoisotopic (exact) mass is 317 g/mol. The standard InChI is InChI=1S/C15H18F3NO3/c1-14(2,13(21)22)9-12(20)19-11-6-4-3-5-10(11)7-8-15(16,17)18/h3-6H,7-9H2,1-2H3,(H,19,20)(H,21,22). The first-order chi connectivity index (χ1) is 10.0. The van der Waals surface area contributed by atoms with E-state index in [1.165, 1.54) is 26.0 Å². The van der Waals surface area contributed by atoms with Crippen LogP contribution in [0, 0.1) is 5.41 Å². The van der Waals surface area contributed by atoms with Crippen LogP contribution < -0.4 is 5.32 Å². The number of aryl methyl sites for hydroxylation is 1. The molecule has 0 saturated heterocycles. The first kappa shape index (κ1) is 18.0. The fourth-order valence-corrected chi connectivity index (χ4v) is 1.81. The molecule has 2 N–H and O–H groups in total. The first-order valence-corrected chi connectivity index (χ1v) is 6.69. The van der Waals surface area contributed by atoms with Crippen LogP contribution in [-0.4, -0.2) is 23.2 Å². The van der Waals surface area contributed by atoms with E-state index in [-0.39, 0.29) is 18.5 Å². The van der Waals surface area contributed by atoms with Crippen molar-refractivity contribution in [1.82, 2.24) is 0 Å². The van der Waals surface area contributed by atoms with Gasteiger partial charge in [0, 0.05) is 18.5 Å². The lowest BCUT2D eigenvalue weighted by Crippen LogP contribution is -2.29. The van der Waals surface area contributed by atoms with Crippen molar-refractivity contribution in [1.29, 1.82) is 0 Å². The molecular weight excluding hydrogens is 299 g/mol. The average Bonchev–Trinajstić information content (AvgIpc) is 2.35. The van der Waals surface area contributed by atoms with E-state index >= 15 is 0 Å². The molecule has 1 aromatic rings. The van der Waals surface area contributed by atoms with Gasteiger partial charge in [-0.3, -0.25) is 9.59 Å².